The fourth-order valence-electron chi connectivity index (χ4n) is 2.50. The number of nitrogens with one attached hydrogen (secondary N) is 2. The average Bonchev–Trinajstić information content (AvgIpc) is 2.99. The lowest BCUT2D eigenvalue weighted by atomic mass is 10.2. The first-order valence-corrected chi connectivity index (χ1v) is 9.40. The molecule has 4 N–H and O–H groups in total. The monoisotopic (exact) mass is 397 g/mol. The van der Waals surface area contributed by atoms with E-state index in [0.717, 1.165) is 17.0 Å². The molecule has 3 aromatic rings. The molecule has 0 aliphatic rings. The van der Waals surface area contributed by atoms with Crippen molar-refractivity contribution in [3.63, 3.8) is 0 Å². The molecular weight excluding hydrogens is 378 g/mol. The molecule has 28 heavy (non-hydrogen) atoms. The standard InChI is InChI=1S/C19H19N5O3S/c1-11-16(12(2)27-24-11)10-28-18-15(4-3-9-21-18)17(25)22-13-5-7-14(8-6-13)23-19(20)26/h3-9H,10H2,1-2H3,(H,22,25)(H3,20,23,26). The predicted octanol–water partition coefficient (Wildman–Crippen LogP) is 3.72. The highest BCUT2D eigenvalue weighted by atomic mass is 32.2. The minimum absolute atomic E-state index is 0.273. The maximum Gasteiger partial charge on any atom is 0.316 e. The third-order valence-electron chi connectivity index (χ3n) is 3.96. The van der Waals surface area contributed by atoms with Crippen LogP contribution < -0.4 is 16.4 Å². The molecule has 2 aromatic heterocycles. The predicted molar refractivity (Wildman–Crippen MR) is 107 cm³/mol. The highest BCUT2D eigenvalue weighted by Crippen LogP contribution is 2.27. The Balaban J connectivity index is 1.71. The molecule has 0 atom stereocenters. The number of aryl methyl sites for hydroxylation is 2. The van der Waals surface area contributed by atoms with Gasteiger partial charge in [0.05, 0.1) is 11.3 Å². The summed E-state index contributed by atoms with van der Waals surface area (Å²) in [6.07, 6.45) is 1.65. The number of primary amides is 1. The van der Waals surface area contributed by atoms with Gasteiger partial charge in [-0.25, -0.2) is 9.78 Å². The first-order valence-electron chi connectivity index (χ1n) is 8.41. The summed E-state index contributed by atoms with van der Waals surface area (Å²) < 4.78 is 5.18. The van der Waals surface area contributed by atoms with Crippen molar-refractivity contribution in [1.29, 1.82) is 0 Å². The van der Waals surface area contributed by atoms with E-state index in [1.54, 1.807) is 42.6 Å². The van der Waals surface area contributed by atoms with Gasteiger partial charge in [-0.3, -0.25) is 4.79 Å². The third-order valence-corrected chi connectivity index (χ3v) is 4.99. The van der Waals surface area contributed by atoms with Crippen LogP contribution in [0.2, 0.25) is 0 Å². The van der Waals surface area contributed by atoms with Gasteiger partial charge in [-0.15, -0.1) is 11.8 Å². The molecule has 0 radical (unpaired) electrons. The van der Waals surface area contributed by atoms with Gasteiger partial charge in [0.15, 0.2) is 0 Å². The van der Waals surface area contributed by atoms with Crippen LogP contribution in [0.15, 0.2) is 52.1 Å². The van der Waals surface area contributed by atoms with Gasteiger partial charge in [0.2, 0.25) is 0 Å². The van der Waals surface area contributed by atoms with Gasteiger partial charge in [-0.2, -0.15) is 0 Å². The van der Waals surface area contributed by atoms with Crippen molar-refractivity contribution in [3.8, 4) is 0 Å². The average molecular weight is 397 g/mol. The summed E-state index contributed by atoms with van der Waals surface area (Å²) in [7, 11) is 0. The molecule has 3 amide bonds. The zero-order chi connectivity index (χ0) is 20.1. The Morgan fingerprint density at radius 3 is 2.39 bits per heavy atom. The van der Waals surface area contributed by atoms with E-state index in [0.29, 0.717) is 27.7 Å². The Hall–Kier alpha value is -3.33. The summed E-state index contributed by atoms with van der Waals surface area (Å²) in [4.78, 5) is 27.9. The number of hydrogen-bond acceptors (Lipinski definition) is 6. The molecular formula is C19H19N5O3S. The van der Waals surface area contributed by atoms with Crippen molar-refractivity contribution in [2.45, 2.75) is 24.6 Å². The first-order chi connectivity index (χ1) is 13.4. The second-order valence-electron chi connectivity index (χ2n) is 5.97. The number of nitrogens with zero attached hydrogens (tertiary/aromatic N) is 2. The van der Waals surface area contributed by atoms with Crippen LogP contribution in [0.25, 0.3) is 0 Å². The number of hydrogen-bond donors (Lipinski definition) is 3. The van der Waals surface area contributed by atoms with Crippen molar-refractivity contribution in [3.05, 3.63) is 65.2 Å². The molecule has 0 aliphatic heterocycles. The number of carbonyl (C=O) groups is 2. The van der Waals surface area contributed by atoms with Crippen LogP contribution in [0.1, 0.15) is 27.4 Å². The van der Waals surface area contributed by atoms with Gasteiger partial charge in [-0.1, -0.05) is 5.16 Å². The molecule has 3 rings (SSSR count). The number of anilines is 2. The largest absolute Gasteiger partial charge is 0.361 e. The van der Waals surface area contributed by atoms with E-state index in [9.17, 15) is 9.59 Å². The zero-order valence-corrected chi connectivity index (χ0v) is 16.2. The molecule has 0 spiro atoms. The minimum Gasteiger partial charge on any atom is -0.361 e. The van der Waals surface area contributed by atoms with Gasteiger partial charge < -0.3 is 20.9 Å². The lowest BCUT2D eigenvalue weighted by molar-refractivity contribution is 0.102. The molecule has 0 bridgehead atoms. The summed E-state index contributed by atoms with van der Waals surface area (Å²) >= 11 is 1.45. The fraction of sp³-hybridized carbons (Fsp3) is 0.158. The molecule has 0 saturated carbocycles. The number of pyridine rings is 1. The third kappa shape index (κ3) is 4.68. The first kappa shape index (κ1) is 19.4. The number of carbonyl (C=O) groups excluding carboxylic acids is 2. The van der Waals surface area contributed by atoms with Gasteiger partial charge >= 0.3 is 6.03 Å². The Labute approximate surface area is 165 Å². The molecule has 0 fully saturated rings. The van der Waals surface area contributed by atoms with Crippen LogP contribution in [0.5, 0.6) is 0 Å². The highest BCUT2D eigenvalue weighted by Gasteiger charge is 2.15. The lowest BCUT2D eigenvalue weighted by Gasteiger charge is -2.10. The number of amides is 3. The molecule has 9 heteroatoms. The number of urea groups is 1. The molecule has 144 valence electrons. The molecule has 8 nitrogen and oxygen atoms in total. The summed E-state index contributed by atoms with van der Waals surface area (Å²) in [6.45, 7) is 3.74. The zero-order valence-electron chi connectivity index (χ0n) is 15.4. The van der Waals surface area contributed by atoms with Crippen LogP contribution in [0.3, 0.4) is 0 Å². The van der Waals surface area contributed by atoms with Crippen LogP contribution in [-0.2, 0) is 5.75 Å². The Kier molecular flexibility index (Phi) is 5.95. The second-order valence-corrected chi connectivity index (χ2v) is 6.93. The summed E-state index contributed by atoms with van der Waals surface area (Å²) in [6, 6.07) is 9.45. The number of thioether (sulfide) groups is 1. The summed E-state index contributed by atoms with van der Waals surface area (Å²) in [5.74, 6) is 1.09. The summed E-state index contributed by atoms with van der Waals surface area (Å²) in [5, 5.41) is 9.86. The quantitative estimate of drug-likeness (QED) is 0.545. The van der Waals surface area contributed by atoms with E-state index in [1.807, 2.05) is 13.8 Å². The number of nitrogens with two attached hydrogens (primary N) is 1. The number of rotatable bonds is 6. The van der Waals surface area contributed by atoms with E-state index < -0.39 is 6.03 Å². The van der Waals surface area contributed by atoms with Crippen LogP contribution in [0.4, 0.5) is 16.2 Å². The Morgan fingerprint density at radius 2 is 1.79 bits per heavy atom. The topological polar surface area (TPSA) is 123 Å². The molecule has 0 saturated heterocycles. The number of benzene rings is 1. The highest BCUT2D eigenvalue weighted by molar-refractivity contribution is 7.98. The van der Waals surface area contributed by atoms with Gasteiger partial charge in [0, 0.05) is 28.9 Å². The maximum absolute atomic E-state index is 12.7. The van der Waals surface area contributed by atoms with Crippen LogP contribution >= 0.6 is 11.8 Å². The molecule has 0 aliphatic carbocycles. The Bertz CT molecular complexity index is 982. The SMILES string of the molecule is Cc1noc(C)c1CSc1ncccc1C(=O)Nc1ccc(NC(N)=O)cc1. The van der Waals surface area contributed by atoms with E-state index in [4.69, 9.17) is 10.3 Å². The fourth-order valence-corrected chi connectivity index (χ4v) is 3.65. The van der Waals surface area contributed by atoms with Crippen LogP contribution in [-0.4, -0.2) is 22.1 Å². The smallest absolute Gasteiger partial charge is 0.316 e. The number of aromatic nitrogens is 2. The molecule has 2 heterocycles. The molecule has 1 aromatic carbocycles. The van der Waals surface area contributed by atoms with Crippen LogP contribution in [0, 0.1) is 13.8 Å². The normalized spacial score (nSPS) is 10.5. The van der Waals surface area contributed by atoms with Crippen molar-refractivity contribution in [2.24, 2.45) is 5.73 Å². The van der Waals surface area contributed by atoms with Gasteiger partial charge in [0.25, 0.3) is 5.91 Å². The van der Waals surface area contributed by atoms with Gasteiger partial charge in [-0.05, 0) is 50.2 Å². The Morgan fingerprint density at radius 1 is 1.11 bits per heavy atom. The maximum atomic E-state index is 12.7. The molecule has 0 unspecified atom stereocenters. The van der Waals surface area contributed by atoms with Crippen molar-refractivity contribution in [1.82, 2.24) is 10.1 Å². The minimum atomic E-state index is -0.646. The van der Waals surface area contributed by atoms with Crippen molar-refractivity contribution in [2.75, 3.05) is 10.6 Å². The van der Waals surface area contributed by atoms with E-state index >= 15 is 0 Å². The summed E-state index contributed by atoms with van der Waals surface area (Å²) in [5.41, 5.74) is 8.51. The van der Waals surface area contributed by atoms with Gasteiger partial charge in [0.1, 0.15) is 10.8 Å². The second kappa shape index (κ2) is 8.57. The van der Waals surface area contributed by atoms with E-state index in [2.05, 4.69) is 20.8 Å². The van der Waals surface area contributed by atoms with Crippen molar-refractivity contribution < 1.29 is 14.1 Å². The lowest BCUT2D eigenvalue weighted by Crippen LogP contribution is -2.19. The van der Waals surface area contributed by atoms with E-state index in [-0.39, 0.29) is 5.91 Å². The van der Waals surface area contributed by atoms with E-state index in [1.165, 1.54) is 11.8 Å². The van der Waals surface area contributed by atoms with Crippen molar-refractivity contribution >= 4 is 35.1 Å².